The molecule has 1 aromatic rings. The van der Waals surface area contributed by atoms with E-state index in [-0.39, 0.29) is 5.60 Å². The Morgan fingerprint density at radius 2 is 1.93 bits per heavy atom. The molecule has 1 aromatic carbocycles. The van der Waals surface area contributed by atoms with Gasteiger partial charge in [-0.1, -0.05) is 38.1 Å². The second kappa shape index (κ2) is 3.39. The molecule has 1 heterocycles. The minimum absolute atomic E-state index is 0.0218. The lowest BCUT2D eigenvalue weighted by Gasteiger charge is -2.11. The van der Waals surface area contributed by atoms with Crippen LogP contribution < -0.4 is 0 Å². The zero-order valence-corrected chi connectivity index (χ0v) is 9.21. The molecule has 1 nitrogen and oxygen atoms in total. The van der Waals surface area contributed by atoms with Crippen LogP contribution in [0.2, 0.25) is 0 Å². The minimum Gasteiger partial charge on any atom is -0.365 e. The van der Waals surface area contributed by atoms with Crippen LogP contribution in [-0.4, -0.2) is 6.61 Å². The summed E-state index contributed by atoms with van der Waals surface area (Å²) < 4.78 is 5.41. The molecular weight excluding hydrogens is 172 g/mol. The first-order chi connectivity index (χ1) is 6.65. The van der Waals surface area contributed by atoms with Crippen molar-refractivity contribution in [1.82, 2.24) is 0 Å². The molecule has 1 heteroatoms. The SMILES string of the molecule is CCC(C)c1ccc(C2(C)CO2)cc1. The predicted octanol–water partition coefficient (Wildman–Crippen LogP) is 3.45. The van der Waals surface area contributed by atoms with E-state index in [4.69, 9.17) is 4.74 Å². The van der Waals surface area contributed by atoms with E-state index < -0.39 is 0 Å². The van der Waals surface area contributed by atoms with E-state index in [0.717, 1.165) is 6.61 Å². The summed E-state index contributed by atoms with van der Waals surface area (Å²) >= 11 is 0. The quantitative estimate of drug-likeness (QED) is 0.665. The second-order valence-electron chi connectivity index (χ2n) is 4.45. The van der Waals surface area contributed by atoms with Crippen molar-refractivity contribution in [1.29, 1.82) is 0 Å². The van der Waals surface area contributed by atoms with E-state index in [1.807, 2.05) is 0 Å². The molecular formula is C13H18O. The molecule has 0 radical (unpaired) electrons. The third-order valence-electron chi connectivity index (χ3n) is 3.28. The van der Waals surface area contributed by atoms with Crippen LogP contribution in [0.3, 0.4) is 0 Å². The summed E-state index contributed by atoms with van der Waals surface area (Å²) in [6, 6.07) is 8.87. The van der Waals surface area contributed by atoms with Crippen molar-refractivity contribution in [2.45, 2.75) is 38.7 Å². The van der Waals surface area contributed by atoms with Crippen molar-refractivity contribution < 1.29 is 4.74 Å². The summed E-state index contributed by atoms with van der Waals surface area (Å²) in [5.74, 6) is 0.664. The molecule has 0 amide bonds. The molecule has 0 spiro atoms. The third kappa shape index (κ3) is 1.69. The summed E-state index contributed by atoms with van der Waals surface area (Å²) in [5.41, 5.74) is 2.76. The maximum absolute atomic E-state index is 5.41. The normalized spacial score (nSPS) is 27.4. The zero-order chi connectivity index (χ0) is 10.2. The Balaban J connectivity index is 2.18. The number of ether oxygens (including phenoxy) is 1. The smallest absolute Gasteiger partial charge is 0.114 e. The highest BCUT2D eigenvalue weighted by molar-refractivity contribution is 5.30. The molecule has 0 bridgehead atoms. The lowest BCUT2D eigenvalue weighted by Crippen LogP contribution is -2.02. The second-order valence-corrected chi connectivity index (χ2v) is 4.45. The van der Waals surface area contributed by atoms with Gasteiger partial charge in [-0.2, -0.15) is 0 Å². The Morgan fingerprint density at radius 3 is 2.36 bits per heavy atom. The first-order valence-electron chi connectivity index (χ1n) is 5.40. The van der Waals surface area contributed by atoms with Gasteiger partial charge in [-0.3, -0.25) is 0 Å². The molecule has 2 atom stereocenters. The van der Waals surface area contributed by atoms with Gasteiger partial charge in [0.05, 0.1) is 6.61 Å². The van der Waals surface area contributed by atoms with Gasteiger partial charge in [0.15, 0.2) is 0 Å². The molecule has 14 heavy (non-hydrogen) atoms. The average molecular weight is 190 g/mol. The van der Waals surface area contributed by atoms with Gasteiger partial charge < -0.3 is 4.74 Å². The number of hydrogen-bond acceptors (Lipinski definition) is 1. The van der Waals surface area contributed by atoms with Gasteiger partial charge in [0.2, 0.25) is 0 Å². The largest absolute Gasteiger partial charge is 0.365 e. The fourth-order valence-corrected chi connectivity index (χ4v) is 1.67. The summed E-state index contributed by atoms with van der Waals surface area (Å²) in [5, 5.41) is 0. The maximum Gasteiger partial charge on any atom is 0.114 e. The van der Waals surface area contributed by atoms with Gasteiger partial charge >= 0.3 is 0 Å². The highest BCUT2D eigenvalue weighted by Crippen LogP contribution is 2.38. The van der Waals surface area contributed by atoms with Gasteiger partial charge in [0, 0.05) is 0 Å². The monoisotopic (exact) mass is 190 g/mol. The molecule has 2 rings (SSSR count). The van der Waals surface area contributed by atoms with Crippen molar-refractivity contribution in [2.24, 2.45) is 0 Å². The van der Waals surface area contributed by atoms with E-state index >= 15 is 0 Å². The highest BCUT2D eigenvalue weighted by Gasteiger charge is 2.40. The van der Waals surface area contributed by atoms with Crippen molar-refractivity contribution in [3.8, 4) is 0 Å². The molecule has 1 saturated heterocycles. The van der Waals surface area contributed by atoms with Crippen molar-refractivity contribution in [2.75, 3.05) is 6.61 Å². The van der Waals surface area contributed by atoms with Crippen LogP contribution in [0.4, 0.5) is 0 Å². The molecule has 2 unspecified atom stereocenters. The Kier molecular flexibility index (Phi) is 2.36. The standard InChI is InChI=1S/C13H18O/c1-4-10(2)11-5-7-12(8-6-11)13(3)9-14-13/h5-8,10H,4,9H2,1-3H3. The van der Waals surface area contributed by atoms with Gasteiger partial charge in [-0.05, 0) is 30.4 Å². The minimum atomic E-state index is 0.0218. The molecule has 1 aliphatic rings. The summed E-state index contributed by atoms with van der Waals surface area (Å²) in [4.78, 5) is 0. The molecule has 0 aromatic heterocycles. The number of hydrogen-bond donors (Lipinski definition) is 0. The van der Waals surface area contributed by atoms with Crippen LogP contribution in [0.1, 0.15) is 44.2 Å². The Morgan fingerprint density at radius 1 is 1.36 bits per heavy atom. The molecule has 1 aliphatic heterocycles. The van der Waals surface area contributed by atoms with Crippen LogP contribution in [0.5, 0.6) is 0 Å². The summed E-state index contributed by atoms with van der Waals surface area (Å²) in [6.45, 7) is 7.51. The van der Waals surface area contributed by atoms with Crippen LogP contribution in [-0.2, 0) is 10.3 Å². The van der Waals surface area contributed by atoms with E-state index in [2.05, 4.69) is 45.0 Å². The number of epoxide rings is 1. The molecule has 1 fully saturated rings. The van der Waals surface area contributed by atoms with Gasteiger partial charge in [-0.25, -0.2) is 0 Å². The Bertz CT molecular complexity index is 309. The lowest BCUT2D eigenvalue weighted by molar-refractivity contribution is 0.329. The van der Waals surface area contributed by atoms with Crippen LogP contribution in [0.15, 0.2) is 24.3 Å². The predicted molar refractivity (Wildman–Crippen MR) is 58.5 cm³/mol. The van der Waals surface area contributed by atoms with Crippen molar-refractivity contribution >= 4 is 0 Å². The van der Waals surface area contributed by atoms with Crippen LogP contribution in [0.25, 0.3) is 0 Å². The topological polar surface area (TPSA) is 12.5 Å². The average Bonchev–Trinajstić information content (AvgIpc) is 2.97. The first-order valence-corrected chi connectivity index (χ1v) is 5.40. The molecule has 0 N–H and O–H groups in total. The van der Waals surface area contributed by atoms with Crippen molar-refractivity contribution in [3.63, 3.8) is 0 Å². The zero-order valence-electron chi connectivity index (χ0n) is 9.21. The summed E-state index contributed by atoms with van der Waals surface area (Å²) in [6.07, 6.45) is 1.20. The number of rotatable bonds is 3. The molecule has 0 aliphatic carbocycles. The third-order valence-corrected chi connectivity index (χ3v) is 3.28. The first kappa shape index (κ1) is 9.72. The van der Waals surface area contributed by atoms with E-state index in [0.29, 0.717) is 5.92 Å². The van der Waals surface area contributed by atoms with Gasteiger partial charge in [-0.15, -0.1) is 0 Å². The maximum atomic E-state index is 5.41. The summed E-state index contributed by atoms with van der Waals surface area (Å²) in [7, 11) is 0. The van der Waals surface area contributed by atoms with Crippen LogP contribution in [0, 0.1) is 0 Å². The molecule has 0 saturated carbocycles. The highest BCUT2D eigenvalue weighted by atomic mass is 16.6. The van der Waals surface area contributed by atoms with E-state index in [1.54, 1.807) is 0 Å². The molecule has 76 valence electrons. The van der Waals surface area contributed by atoms with E-state index in [1.165, 1.54) is 17.5 Å². The van der Waals surface area contributed by atoms with Crippen LogP contribution >= 0.6 is 0 Å². The Hall–Kier alpha value is -0.820. The van der Waals surface area contributed by atoms with Crippen molar-refractivity contribution in [3.05, 3.63) is 35.4 Å². The lowest BCUT2D eigenvalue weighted by atomic mass is 9.94. The number of benzene rings is 1. The van der Waals surface area contributed by atoms with Gasteiger partial charge in [0.1, 0.15) is 5.60 Å². The van der Waals surface area contributed by atoms with E-state index in [9.17, 15) is 0 Å². The Labute approximate surface area is 86.1 Å². The van der Waals surface area contributed by atoms with Gasteiger partial charge in [0.25, 0.3) is 0 Å². The fraction of sp³-hybridized carbons (Fsp3) is 0.538. The fourth-order valence-electron chi connectivity index (χ4n) is 1.67.